The number of aromatic nitrogens is 1. The van der Waals surface area contributed by atoms with Gasteiger partial charge in [-0.2, -0.15) is 0 Å². The summed E-state index contributed by atoms with van der Waals surface area (Å²) in [6.07, 6.45) is 5.77. The normalized spacial score (nSPS) is 14.3. The fraction of sp³-hybridized carbons (Fsp3) is 0.500. The van der Waals surface area contributed by atoms with Gasteiger partial charge in [0, 0.05) is 36.7 Å². The lowest BCUT2D eigenvalue weighted by atomic mass is 10.1. The van der Waals surface area contributed by atoms with Crippen LogP contribution < -0.4 is 5.32 Å². The Morgan fingerprint density at radius 1 is 1.20 bits per heavy atom. The fourth-order valence-corrected chi connectivity index (χ4v) is 3.59. The lowest BCUT2D eigenvalue weighted by Crippen LogP contribution is -2.48. The minimum absolute atomic E-state index is 0.0106. The number of urea groups is 1. The molecule has 0 spiro atoms. The van der Waals surface area contributed by atoms with E-state index in [1.165, 1.54) is 5.56 Å². The van der Waals surface area contributed by atoms with E-state index in [0.29, 0.717) is 6.54 Å². The summed E-state index contributed by atoms with van der Waals surface area (Å²) in [6, 6.07) is 11.9. The first-order valence-corrected chi connectivity index (χ1v) is 11.0. The largest absolute Gasteiger partial charge is 0.353 e. The molecular formula is C24H34N4O2. The molecule has 3 amide bonds. The first-order chi connectivity index (χ1) is 14.4. The molecule has 1 saturated carbocycles. The number of nitrogens with one attached hydrogen (secondary N) is 1. The van der Waals surface area contributed by atoms with E-state index >= 15 is 0 Å². The van der Waals surface area contributed by atoms with Crippen molar-refractivity contribution >= 4 is 17.6 Å². The Bertz CT molecular complexity index is 872. The lowest BCUT2D eigenvalue weighted by molar-refractivity contribution is -0.133. The quantitative estimate of drug-likeness (QED) is 0.666. The average molecular weight is 411 g/mol. The number of aryl methyl sites for hydroxylation is 2. The minimum Gasteiger partial charge on any atom is -0.353 e. The Hall–Kier alpha value is -2.76. The van der Waals surface area contributed by atoms with E-state index < -0.39 is 0 Å². The highest BCUT2D eigenvalue weighted by Gasteiger charge is 2.34. The van der Waals surface area contributed by atoms with Crippen molar-refractivity contribution in [3.63, 3.8) is 0 Å². The summed E-state index contributed by atoms with van der Waals surface area (Å²) in [6.45, 7) is 6.80. The highest BCUT2D eigenvalue weighted by atomic mass is 16.2. The van der Waals surface area contributed by atoms with Gasteiger partial charge >= 0.3 is 6.03 Å². The summed E-state index contributed by atoms with van der Waals surface area (Å²) in [5.74, 6) is 0.0106. The maximum Gasteiger partial charge on any atom is 0.322 e. The Balaban J connectivity index is 1.71. The first-order valence-electron chi connectivity index (χ1n) is 11.0. The van der Waals surface area contributed by atoms with Crippen molar-refractivity contribution in [1.29, 1.82) is 0 Å². The second-order valence-corrected chi connectivity index (χ2v) is 8.23. The van der Waals surface area contributed by atoms with Gasteiger partial charge in [-0.25, -0.2) is 4.79 Å². The van der Waals surface area contributed by atoms with Crippen LogP contribution in [-0.2, 0) is 24.8 Å². The van der Waals surface area contributed by atoms with Crippen molar-refractivity contribution in [2.45, 2.75) is 65.1 Å². The molecule has 6 heteroatoms. The van der Waals surface area contributed by atoms with E-state index in [4.69, 9.17) is 0 Å². The van der Waals surface area contributed by atoms with E-state index in [1.54, 1.807) is 4.90 Å². The fourth-order valence-electron chi connectivity index (χ4n) is 3.59. The molecule has 1 atom stereocenters. The van der Waals surface area contributed by atoms with Crippen molar-refractivity contribution < 1.29 is 9.59 Å². The minimum atomic E-state index is -0.222. The van der Waals surface area contributed by atoms with Crippen LogP contribution in [0.15, 0.2) is 42.6 Å². The van der Waals surface area contributed by atoms with Crippen LogP contribution in [0.25, 0.3) is 0 Å². The van der Waals surface area contributed by atoms with Crippen molar-refractivity contribution in [3.05, 3.63) is 53.9 Å². The second-order valence-electron chi connectivity index (χ2n) is 8.23. The molecule has 162 valence electrons. The summed E-state index contributed by atoms with van der Waals surface area (Å²) < 4.78 is 2.04. The number of hydrogen-bond donors (Lipinski definition) is 1. The number of hydrogen-bond acceptors (Lipinski definition) is 2. The van der Waals surface area contributed by atoms with Crippen molar-refractivity contribution in [2.24, 2.45) is 7.05 Å². The molecule has 0 unspecified atom stereocenters. The Labute approximate surface area is 179 Å². The van der Waals surface area contributed by atoms with E-state index in [1.807, 2.05) is 73.0 Å². The first kappa shape index (κ1) is 21.9. The molecule has 1 N–H and O–H groups in total. The number of amides is 3. The van der Waals surface area contributed by atoms with Gasteiger partial charge in [0.05, 0.1) is 6.54 Å². The standard InChI is InChI=1S/C24H34N4O2/c1-5-18(3)27(24(30)25-20-10-7-9-19(6-2)15-20)17-23(29)28(21-12-13-21)16-22-11-8-14-26(22)4/h7-11,14-15,18,21H,5-6,12-13,16-17H2,1-4H3,(H,25,30)/t18-/m0/s1. The molecule has 0 radical (unpaired) electrons. The van der Waals surface area contributed by atoms with Gasteiger partial charge in [0.1, 0.15) is 6.54 Å². The summed E-state index contributed by atoms with van der Waals surface area (Å²) in [7, 11) is 1.99. The zero-order valence-corrected chi connectivity index (χ0v) is 18.6. The zero-order valence-electron chi connectivity index (χ0n) is 18.6. The molecule has 1 aromatic carbocycles. The van der Waals surface area contributed by atoms with Crippen molar-refractivity contribution in [2.75, 3.05) is 11.9 Å². The third-order valence-corrected chi connectivity index (χ3v) is 5.97. The van der Waals surface area contributed by atoms with Gasteiger partial charge < -0.3 is 19.7 Å². The zero-order chi connectivity index (χ0) is 21.7. The van der Waals surface area contributed by atoms with Gasteiger partial charge in [-0.05, 0) is 62.4 Å². The topological polar surface area (TPSA) is 57.6 Å². The molecule has 0 aliphatic heterocycles. The summed E-state index contributed by atoms with van der Waals surface area (Å²) in [5.41, 5.74) is 3.04. The summed E-state index contributed by atoms with van der Waals surface area (Å²) in [4.78, 5) is 29.9. The van der Waals surface area contributed by atoms with E-state index in [-0.39, 0.29) is 30.6 Å². The molecule has 30 heavy (non-hydrogen) atoms. The smallest absolute Gasteiger partial charge is 0.322 e. The Morgan fingerprint density at radius 3 is 2.57 bits per heavy atom. The molecule has 2 aromatic rings. The number of nitrogens with zero attached hydrogens (tertiary/aromatic N) is 3. The van der Waals surface area contributed by atoms with Gasteiger partial charge in [0.2, 0.25) is 5.91 Å². The summed E-state index contributed by atoms with van der Waals surface area (Å²) >= 11 is 0. The molecule has 1 heterocycles. The van der Waals surface area contributed by atoms with Crippen LogP contribution in [0, 0.1) is 0 Å². The lowest BCUT2D eigenvalue weighted by Gasteiger charge is -2.31. The molecule has 6 nitrogen and oxygen atoms in total. The molecular weight excluding hydrogens is 376 g/mol. The number of rotatable bonds is 9. The molecule has 1 fully saturated rings. The van der Waals surface area contributed by atoms with Gasteiger partial charge in [0.25, 0.3) is 0 Å². The van der Waals surface area contributed by atoms with Crippen LogP contribution in [-0.4, -0.2) is 44.9 Å². The molecule has 3 rings (SSSR count). The van der Waals surface area contributed by atoms with Crippen LogP contribution >= 0.6 is 0 Å². The second kappa shape index (κ2) is 9.83. The molecule has 0 saturated heterocycles. The van der Waals surface area contributed by atoms with Gasteiger partial charge in [0.15, 0.2) is 0 Å². The maximum atomic E-state index is 13.2. The number of carbonyl (C=O) groups excluding carboxylic acids is 2. The third kappa shape index (κ3) is 5.43. The van der Waals surface area contributed by atoms with Crippen LogP contribution in [0.1, 0.15) is 51.3 Å². The van der Waals surface area contributed by atoms with Gasteiger partial charge in [-0.1, -0.05) is 26.0 Å². The van der Waals surface area contributed by atoms with Gasteiger partial charge in [-0.3, -0.25) is 4.79 Å². The SMILES string of the molecule is CCc1cccc(NC(=O)N(CC(=O)N(Cc2cccn2C)C2CC2)[C@@H](C)CC)c1. The van der Waals surface area contributed by atoms with Crippen LogP contribution in [0.5, 0.6) is 0 Å². The Morgan fingerprint density at radius 2 is 1.97 bits per heavy atom. The van der Waals surface area contributed by atoms with Gasteiger partial charge in [-0.15, -0.1) is 0 Å². The molecule has 1 aliphatic rings. The molecule has 1 aromatic heterocycles. The highest BCUT2D eigenvalue weighted by molar-refractivity contribution is 5.92. The highest BCUT2D eigenvalue weighted by Crippen LogP contribution is 2.29. The van der Waals surface area contributed by atoms with Crippen LogP contribution in [0.2, 0.25) is 0 Å². The monoisotopic (exact) mass is 410 g/mol. The molecule has 0 bridgehead atoms. The number of anilines is 1. The van der Waals surface area contributed by atoms with E-state index in [0.717, 1.165) is 37.1 Å². The van der Waals surface area contributed by atoms with E-state index in [9.17, 15) is 9.59 Å². The van der Waals surface area contributed by atoms with Crippen molar-refractivity contribution in [1.82, 2.24) is 14.4 Å². The Kier molecular flexibility index (Phi) is 7.19. The average Bonchev–Trinajstić information content (AvgIpc) is 3.51. The maximum absolute atomic E-state index is 13.2. The predicted octanol–water partition coefficient (Wildman–Crippen LogP) is 4.41. The third-order valence-electron chi connectivity index (χ3n) is 5.97. The van der Waals surface area contributed by atoms with Crippen LogP contribution in [0.3, 0.4) is 0 Å². The number of carbonyl (C=O) groups is 2. The molecule has 1 aliphatic carbocycles. The summed E-state index contributed by atoms with van der Waals surface area (Å²) in [5, 5.41) is 2.99. The van der Waals surface area contributed by atoms with Crippen LogP contribution in [0.4, 0.5) is 10.5 Å². The predicted molar refractivity (Wildman–Crippen MR) is 120 cm³/mol. The van der Waals surface area contributed by atoms with Crippen molar-refractivity contribution in [3.8, 4) is 0 Å². The number of benzene rings is 1. The van der Waals surface area contributed by atoms with E-state index in [2.05, 4.69) is 12.2 Å².